The van der Waals surface area contributed by atoms with E-state index >= 15 is 0 Å². The van der Waals surface area contributed by atoms with Gasteiger partial charge in [0.05, 0.1) is 6.04 Å². The Balaban J connectivity index is 1.55. The molecule has 0 aliphatic heterocycles. The molecule has 1 unspecified atom stereocenters. The van der Waals surface area contributed by atoms with Crippen molar-refractivity contribution in [1.29, 1.82) is 0 Å². The van der Waals surface area contributed by atoms with Gasteiger partial charge in [-0.15, -0.1) is 11.3 Å². The average molecular weight is 372 g/mol. The lowest BCUT2D eigenvalue weighted by atomic mass is 10.2. The number of rotatable bonds is 7. The molecule has 1 heterocycles. The predicted octanol–water partition coefficient (Wildman–Crippen LogP) is 3.06. The summed E-state index contributed by atoms with van der Waals surface area (Å²) in [6, 6.07) is 11.2. The Morgan fingerprint density at radius 2 is 2.04 bits per heavy atom. The molecule has 3 amide bonds. The third kappa shape index (κ3) is 5.06. The second kappa shape index (κ2) is 8.33. The zero-order chi connectivity index (χ0) is 18.5. The van der Waals surface area contributed by atoms with Gasteiger partial charge in [0, 0.05) is 28.7 Å². The largest absolute Gasteiger partial charge is 0.349 e. The van der Waals surface area contributed by atoms with Crippen LogP contribution in [-0.2, 0) is 0 Å². The maximum atomic E-state index is 12.2. The summed E-state index contributed by atoms with van der Waals surface area (Å²) in [4.78, 5) is 27.6. The Morgan fingerprint density at radius 1 is 1.23 bits per heavy atom. The Morgan fingerprint density at radius 3 is 2.69 bits per heavy atom. The normalized spacial score (nSPS) is 14.7. The minimum Gasteiger partial charge on any atom is -0.349 e. The molecule has 0 radical (unpaired) electrons. The van der Waals surface area contributed by atoms with Crippen LogP contribution >= 0.6 is 11.3 Å². The van der Waals surface area contributed by atoms with Crippen LogP contribution in [0.4, 0.5) is 10.5 Å². The fourth-order valence-corrected chi connectivity index (χ4v) is 3.54. The average Bonchev–Trinajstić information content (AvgIpc) is 3.26. The molecule has 0 bridgehead atoms. The van der Waals surface area contributed by atoms with Gasteiger partial charge in [0.15, 0.2) is 0 Å². The molecule has 2 aromatic rings. The van der Waals surface area contributed by atoms with E-state index in [4.69, 9.17) is 0 Å². The van der Waals surface area contributed by atoms with E-state index in [1.807, 2.05) is 25.5 Å². The monoisotopic (exact) mass is 372 g/mol. The van der Waals surface area contributed by atoms with Crippen LogP contribution in [0.5, 0.6) is 0 Å². The van der Waals surface area contributed by atoms with Gasteiger partial charge in [0.2, 0.25) is 0 Å². The molecule has 1 saturated carbocycles. The smallest absolute Gasteiger partial charge is 0.319 e. The van der Waals surface area contributed by atoms with Crippen molar-refractivity contribution in [2.24, 2.45) is 0 Å². The van der Waals surface area contributed by atoms with Gasteiger partial charge in [-0.25, -0.2) is 4.79 Å². The van der Waals surface area contributed by atoms with Crippen LogP contribution in [0.25, 0.3) is 0 Å². The molecular formula is C19H24N4O2S. The minimum atomic E-state index is -0.284. The summed E-state index contributed by atoms with van der Waals surface area (Å²) in [5.74, 6) is -0.0954. The molecule has 0 spiro atoms. The first-order chi connectivity index (χ1) is 12.5. The molecule has 1 aliphatic rings. The SMILES string of the molecule is CN(C)C(CNC(=O)Nc1cccc(C(=O)NC2CC2)c1)c1cccs1. The van der Waals surface area contributed by atoms with E-state index in [2.05, 4.69) is 26.9 Å². The van der Waals surface area contributed by atoms with Crippen molar-refractivity contribution < 1.29 is 9.59 Å². The van der Waals surface area contributed by atoms with Gasteiger partial charge in [-0.3, -0.25) is 4.79 Å². The third-order valence-corrected chi connectivity index (χ3v) is 5.22. The molecule has 1 aromatic heterocycles. The van der Waals surface area contributed by atoms with Gasteiger partial charge in [0.1, 0.15) is 0 Å². The fourth-order valence-electron chi connectivity index (χ4n) is 2.62. The first-order valence-corrected chi connectivity index (χ1v) is 9.56. The highest BCUT2D eigenvalue weighted by Crippen LogP contribution is 2.22. The number of urea groups is 1. The number of thiophene rings is 1. The van der Waals surface area contributed by atoms with Gasteiger partial charge in [-0.1, -0.05) is 12.1 Å². The molecule has 26 heavy (non-hydrogen) atoms. The van der Waals surface area contributed by atoms with Crippen LogP contribution < -0.4 is 16.0 Å². The number of likely N-dealkylation sites (N-methyl/N-ethyl adjacent to an activating group) is 1. The lowest BCUT2D eigenvalue weighted by Gasteiger charge is -2.23. The third-order valence-electron chi connectivity index (χ3n) is 4.25. The lowest BCUT2D eigenvalue weighted by molar-refractivity contribution is 0.0951. The topological polar surface area (TPSA) is 73.5 Å². The molecule has 3 N–H and O–H groups in total. The van der Waals surface area contributed by atoms with Gasteiger partial charge in [-0.05, 0) is 56.6 Å². The summed E-state index contributed by atoms with van der Waals surface area (Å²) in [5, 5.41) is 10.7. The number of nitrogens with one attached hydrogen (secondary N) is 3. The van der Waals surface area contributed by atoms with Gasteiger partial charge in [0.25, 0.3) is 5.91 Å². The van der Waals surface area contributed by atoms with E-state index < -0.39 is 0 Å². The number of amides is 3. The second-order valence-corrected chi connectivity index (χ2v) is 7.64. The van der Waals surface area contributed by atoms with Crippen molar-refractivity contribution in [2.75, 3.05) is 26.0 Å². The number of hydrogen-bond donors (Lipinski definition) is 3. The van der Waals surface area contributed by atoms with Crippen LogP contribution in [0, 0.1) is 0 Å². The van der Waals surface area contributed by atoms with E-state index in [1.54, 1.807) is 35.6 Å². The molecular weight excluding hydrogens is 348 g/mol. The maximum absolute atomic E-state index is 12.2. The summed E-state index contributed by atoms with van der Waals surface area (Å²) in [5.41, 5.74) is 1.16. The van der Waals surface area contributed by atoms with Gasteiger partial charge < -0.3 is 20.9 Å². The zero-order valence-electron chi connectivity index (χ0n) is 15.0. The Bertz CT molecular complexity index is 757. The van der Waals surface area contributed by atoms with Crippen LogP contribution in [0.3, 0.4) is 0 Å². The van der Waals surface area contributed by atoms with Crippen molar-refractivity contribution >= 4 is 29.0 Å². The summed E-state index contributed by atoms with van der Waals surface area (Å²) in [6.07, 6.45) is 2.09. The van der Waals surface area contributed by atoms with Crippen LogP contribution in [0.15, 0.2) is 41.8 Å². The highest BCUT2D eigenvalue weighted by molar-refractivity contribution is 7.10. The Labute approximate surface area is 157 Å². The summed E-state index contributed by atoms with van der Waals surface area (Å²) >= 11 is 1.67. The standard InChI is InChI=1S/C19H24N4O2S/c1-23(2)16(17-7-4-10-26-17)12-20-19(25)22-15-6-3-5-13(11-15)18(24)21-14-8-9-14/h3-7,10-11,14,16H,8-9,12H2,1-2H3,(H,21,24)(H2,20,22,25). The number of carbonyl (C=O) groups excluding carboxylic acids is 2. The first-order valence-electron chi connectivity index (χ1n) is 8.68. The minimum absolute atomic E-state index is 0.0954. The van der Waals surface area contributed by atoms with E-state index in [0.717, 1.165) is 12.8 Å². The van der Waals surface area contributed by atoms with Gasteiger partial charge >= 0.3 is 6.03 Å². The molecule has 0 saturated heterocycles. The van der Waals surface area contributed by atoms with Crippen molar-refractivity contribution in [3.05, 3.63) is 52.2 Å². The quantitative estimate of drug-likeness (QED) is 0.699. The number of benzene rings is 1. The highest BCUT2D eigenvalue weighted by atomic mass is 32.1. The van der Waals surface area contributed by atoms with Crippen LogP contribution in [-0.4, -0.2) is 43.5 Å². The van der Waals surface area contributed by atoms with Crippen LogP contribution in [0.1, 0.15) is 34.1 Å². The molecule has 6 nitrogen and oxygen atoms in total. The molecule has 1 fully saturated rings. The molecule has 1 aromatic carbocycles. The zero-order valence-corrected chi connectivity index (χ0v) is 15.8. The van der Waals surface area contributed by atoms with Crippen molar-refractivity contribution in [1.82, 2.24) is 15.5 Å². The van der Waals surface area contributed by atoms with E-state index in [0.29, 0.717) is 23.8 Å². The maximum Gasteiger partial charge on any atom is 0.319 e. The fraction of sp³-hybridized carbons (Fsp3) is 0.368. The summed E-state index contributed by atoms with van der Waals surface area (Å²) in [7, 11) is 3.98. The van der Waals surface area contributed by atoms with Crippen molar-refractivity contribution in [3.63, 3.8) is 0 Å². The molecule has 138 valence electrons. The van der Waals surface area contributed by atoms with Crippen LogP contribution in [0.2, 0.25) is 0 Å². The predicted molar refractivity (Wildman–Crippen MR) is 105 cm³/mol. The Kier molecular flexibility index (Phi) is 5.90. The summed E-state index contributed by atoms with van der Waals surface area (Å²) in [6.45, 7) is 0.501. The van der Waals surface area contributed by atoms with E-state index in [1.165, 1.54) is 4.88 Å². The first kappa shape index (κ1) is 18.4. The second-order valence-electron chi connectivity index (χ2n) is 6.66. The summed E-state index contributed by atoms with van der Waals surface area (Å²) < 4.78 is 0. The number of hydrogen-bond acceptors (Lipinski definition) is 4. The molecule has 7 heteroatoms. The number of anilines is 1. The Hall–Kier alpha value is -2.38. The van der Waals surface area contributed by atoms with Crippen molar-refractivity contribution in [3.8, 4) is 0 Å². The number of nitrogens with zero attached hydrogens (tertiary/aromatic N) is 1. The highest BCUT2D eigenvalue weighted by Gasteiger charge is 2.23. The number of carbonyl (C=O) groups is 2. The molecule has 3 rings (SSSR count). The van der Waals surface area contributed by atoms with Gasteiger partial charge in [-0.2, -0.15) is 0 Å². The lowest BCUT2D eigenvalue weighted by Crippen LogP contribution is -2.36. The van der Waals surface area contributed by atoms with E-state index in [9.17, 15) is 9.59 Å². The molecule has 1 atom stereocenters. The molecule has 1 aliphatic carbocycles. The van der Waals surface area contributed by atoms with E-state index in [-0.39, 0.29) is 18.0 Å². The van der Waals surface area contributed by atoms with Crippen molar-refractivity contribution in [2.45, 2.75) is 24.9 Å².